The minimum Gasteiger partial charge on any atom is -0.381 e. The largest absolute Gasteiger partial charge is 0.381 e. The van der Waals surface area contributed by atoms with Crippen molar-refractivity contribution in [2.75, 3.05) is 19.8 Å². The van der Waals surface area contributed by atoms with Crippen LogP contribution in [-0.2, 0) is 16.6 Å². The first-order valence-corrected chi connectivity index (χ1v) is 9.95. The normalized spacial score (nSPS) is 16.6. The number of thiazole rings is 1. The van der Waals surface area contributed by atoms with Crippen molar-refractivity contribution in [1.29, 1.82) is 0 Å². The van der Waals surface area contributed by atoms with Gasteiger partial charge < -0.3 is 10.1 Å². The van der Waals surface area contributed by atoms with Gasteiger partial charge in [-0.3, -0.25) is 4.79 Å². The maximum atomic E-state index is 12.5. The summed E-state index contributed by atoms with van der Waals surface area (Å²) < 4.78 is 5.54. The summed E-state index contributed by atoms with van der Waals surface area (Å²) in [5, 5.41) is 6.67. The molecule has 0 spiro atoms. The van der Waals surface area contributed by atoms with Crippen LogP contribution in [0, 0.1) is 0 Å². The number of halogens is 1. The van der Waals surface area contributed by atoms with Gasteiger partial charge in [0.15, 0.2) is 0 Å². The fourth-order valence-electron chi connectivity index (χ4n) is 3.23. The van der Waals surface area contributed by atoms with Crippen molar-refractivity contribution in [3.05, 3.63) is 50.9 Å². The van der Waals surface area contributed by atoms with E-state index >= 15 is 0 Å². The Balaban J connectivity index is 1.73. The van der Waals surface area contributed by atoms with Gasteiger partial charge in [-0.15, -0.1) is 11.3 Å². The van der Waals surface area contributed by atoms with Crippen LogP contribution in [-0.4, -0.2) is 30.6 Å². The lowest BCUT2D eigenvalue weighted by atomic mass is 9.74. The summed E-state index contributed by atoms with van der Waals surface area (Å²) >= 11 is 7.74. The van der Waals surface area contributed by atoms with Gasteiger partial charge >= 0.3 is 0 Å². The quantitative estimate of drug-likeness (QED) is 0.818. The zero-order valence-electron chi connectivity index (χ0n) is 14.4. The number of carbonyl (C=O) groups is 1. The van der Waals surface area contributed by atoms with E-state index in [-0.39, 0.29) is 11.3 Å². The number of carbonyl (C=O) groups excluding carboxylic acids is 1. The van der Waals surface area contributed by atoms with E-state index < -0.39 is 0 Å². The standard InChI is InChI=1S/C19H23ClN2O2S/c1-2-4-17-22-16(12-25-17)18(23)21-13-19(7-9-24-10-8-19)14-5-3-6-15(20)11-14/h3,5-6,11-12H,2,4,7-10,13H2,1H3,(H,21,23). The third-order valence-corrected chi connectivity index (χ3v) is 5.87. The Bertz CT molecular complexity index is 726. The number of amides is 1. The van der Waals surface area contributed by atoms with Crippen LogP contribution in [0.1, 0.15) is 47.2 Å². The Labute approximate surface area is 157 Å². The number of nitrogens with zero attached hydrogens (tertiary/aromatic N) is 1. The summed E-state index contributed by atoms with van der Waals surface area (Å²) in [5.41, 5.74) is 1.54. The summed E-state index contributed by atoms with van der Waals surface area (Å²) in [6, 6.07) is 7.93. The van der Waals surface area contributed by atoms with Gasteiger partial charge in [0.1, 0.15) is 5.69 Å². The van der Waals surface area contributed by atoms with E-state index in [1.54, 1.807) is 11.3 Å². The number of benzene rings is 1. The van der Waals surface area contributed by atoms with Crippen molar-refractivity contribution < 1.29 is 9.53 Å². The number of rotatable bonds is 6. The van der Waals surface area contributed by atoms with Crippen LogP contribution in [0.15, 0.2) is 29.6 Å². The van der Waals surface area contributed by atoms with Gasteiger partial charge in [-0.1, -0.05) is 30.7 Å². The summed E-state index contributed by atoms with van der Waals surface area (Å²) in [7, 11) is 0. The van der Waals surface area contributed by atoms with Crippen LogP contribution >= 0.6 is 22.9 Å². The molecular formula is C19H23ClN2O2S. The van der Waals surface area contributed by atoms with Crippen molar-refractivity contribution in [3.8, 4) is 0 Å². The van der Waals surface area contributed by atoms with Gasteiger partial charge in [-0.05, 0) is 43.4 Å². The third kappa shape index (κ3) is 4.40. The Kier molecular flexibility index (Phi) is 6.10. The molecule has 4 nitrogen and oxygen atoms in total. The van der Waals surface area contributed by atoms with Crippen LogP contribution in [0.25, 0.3) is 0 Å². The number of ether oxygens (including phenoxy) is 1. The molecule has 25 heavy (non-hydrogen) atoms. The third-order valence-electron chi connectivity index (χ3n) is 4.72. The second-order valence-electron chi connectivity index (χ2n) is 6.46. The number of aryl methyl sites for hydroxylation is 1. The zero-order chi connectivity index (χ0) is 17.7. The molecule has 1 fully saturated rings. The molecular weight excluding hydrogens is 356 g/mol. The van der Waals surface area contributed by atoms with Gasteiger partial charge in [-0.2, -0.15) is 0 Å². The molecule has 1 aliphatic heterocycles. The van der Waals surface area contributed by atoms with Crippen LogP contribution < -0.4 is 5.32 Å². The Morgan fingerprint density at radius 3 is 2.92 bits per heavy atom. The molecule has 1 aromatic heterocycles. The highest BCUT2D eigenvalue weighted by Gasteiger charge is 2.35. The van der Waals surface area contributed by atoms with Crippen LogP contribution in [0.5, 0.6) is 0 Å². The van der Waals surface area contributed by atoms with Crippen LogP contribution in [0.4, 0.5) is 0 Å². The molecule has 2 aromatic rings. The average molecular weight is 379 g/mol. The molecule has 134 valence electrons. The maximum absolute atomic E-state index is 12.5. The molecule has 0 unspecified atom stereocenters. The average Bonchev–Trinajstić information content (AvgIpc) is 3.10. The van der Waals surface area contributed by atoms with Gasteiger partial charge in [0, 0.05) is 35.6 Å². The molecule has 2 heterocycles. The number of nitrogens with one attached hydrogen (secondary N) is 1. The predicted molar refractivity (Wildman–Crippen MR) is 102 cm³/mol. The Morgan fingerprint density at radius 2 is 2.20 bits per heavy atom. The minimum atomic E-state index is -0.138. The van der Waals surface area contributed by atoms with E-state index in [4.69, 9.17) is 16.3 Å². The molecule has 3 rings (SSSR count). The predicted octanol–water partition coefficient (Wildman–Crippen LogP) is 4.23. The molecule has 0 bridgehead atoms. The highest BCUT2D eigenvalue weighted by molar-refractivity contribution is 7.09. The molecule has 1 amide bonds. The maximum Gasteiger partial charge on any atom is 0.270 e. The van der Waals surface area contributed by atoms with E-state index in [2.05, 4.69) is 23.3 Å². The SMILES string of the molecule is CCCc1nc(C(=O)NCC2(c3cccc(Cl)c3)CCOCC2)cs1. The number of aromatic nitrogens is 1. The molecule has 0 aliphatic carbocycles. The van der Waals surface area contributed by atoms with Crippen molar-refractivity contribution in [2.45, 2.75) is 38.0 Å². The molecule has 1 aromatic carbocycles. The fourth-order valence-corrected chi connectivity index (χ4v) is 4.30. The lowest BCUT2D eigenvalue weighted by Gasteiger charge is -2.38. The highest BCUT2D eigenvalue weighted by Crippen LogP contribution is 2.35. The van der Waals surface area contributed by atoms with Crippen LogP contribution in [0.2, 0.25) is 5.02 Å². The summed E-state index contributed by atoms with van der Waals surface area (Å²) in [5.74, 6) is -0.105. The Hall–Kier alpha value is -1.43. The fraction of sp³-hybridized carbons (Fsp3) is 0.474. The molecule has 1 N–H and O–H groups in total. The van der Waals surface area contributed by atoms with Crippen molar-refractivity contribution in [1.82, 2.24) is 10.3 Å². The summed E-state index contributed by atoms with van der Waals surface area (Å²) in [6.07, 6.45) is 3.69. The topological polar surface area (TPSA) is 51.2 Å². The summed E-state index contributed by atoms with van der Waals surface area (Å²) in [6.45, 7) is 4.07. The van der Waals surface area contributed by atoms with Gasteiger partial charge in [0.2, 0.25) is 0 Å². The first-order valence-electron chi connectivity index (χ1n) is 8.69. The number of hydrogen-bond donors (Lipinski definition) is 1. The lowest BCUT2D eigenvalue weighted by molar-refractivity contribution is 0.0487. The monoisotopic (exact) mass is 378 g/mol. The van der Waals surface area contributed by atoms with Crippen molar-refractivity contribution in [3.63, 3.8) is 0 Å². The molecule has 0 radical (unpaired) electrons. The molecule has 0 atom stereocenters. The molecule has 6 heteroatoms. The first kappa shape index (κ1) is 18.4. The summed E-state index contributed by atoms with van der Waals surface area (Å²) in [4.78, 5) is 17.0. The molecule has 0 saturated carbocycles. The smallest absolute Gasteiger partial charge is 0.270 e. The molecule has 1 saturated heterocycles. The van der Waals surface area contributed by atoms with E-state index in [0.717, 1.165) is 41.3 Å². The van der Waals surface area contributed by atoms with Gasteiger partial charge in [0.05, 0.1) is 5.01 Å². The van der Waals surface area contributed by atoms with Gasteiger partial charge in [-0.25, -0.2) is 4.98 Å². The first-order chi connectivity index (χ1) is 12.1. The minimum absolute atomic E-state index is 0.105. The second kappa shape index (κ2) is 8.30. The van der Waals surface area contributed by atoms with Crippen molar-refractivity contribution >= 4 is 28.8 Å². The second-order valence-corrected chi connectivity index (χ2v) is 7.84. The molecule has 1 aliphatic rings. The van der Waals surface area contributed by atoms with Crippen LogP contribution in [0.3, 0.4) is 0 Å². The zero-order valence-corrected chi connectivity index (χ0v) is 16.0. The van der Waals surface area contributed by atoms with E-state index in [9.17, 15) is 4.79 Å². The van der Waals surface area contributed by atoms with E-state index in [0.29, 0.717) is 25.5 Å². The van der Waals surface area contributed by atoms with Crippen molar-refractivity contribution in [2.24, 2.45) is 0 Å². The highest BCUT2D eigenvalue weighted by atomic mass is 35.5. The van der Waals surface area contributed by atoms with Gasteiger partial charge in [0.25, 0.3) is 5.91 Å². The Morgan fingerprint density at radius 1 is 1.40 bits per heavy atom. The van der Waals surface area contributed by atoms with E-state index in [1.807, 2.05) is 23.6 Å². The van der Waals surface area contributed by atoms with E-state index in [1.165, 1.54) is 0 Å². The lowest BCUT2D eigenvalue weighted by Crippen LogP contribution is -2.44. The number of hydrogen-bond acceptors (Lipinski definition) is 4.